The number of hydrogen-bond donors (Lipinski definition) is 1. The van der Waals surface area contributed by atoms with E-state index in [1.54, 1.807) is 61.5 Å². The lowest BCUT2D eigenvalue weighted by Gasteiger charge is -2.47. The molecule has 1 N–H and O–H groups in total. The fourth-order valence-corrected chi connectivity index (χ4v) is 4.76. The molecule has 184 valence electrons. The van der Waals surface area contributed by atoms with Crippen LogP contribution in [0.5, 0.6) is 0 Å². The zero-order chi connectivity index (χ0) is 25.1. The van der Waals surface area contributed by atoms with Gasteiger partial charge >= 0.3 is 11.9 Å². The van der Waals surface area contributed by atoms with Crippen LogP contribution in [0.2, 0.25) is 18.1 Å². The van der Waals surface area contributed by atoms with Crippen molar-refractivity contribution in [2.24, 2.45) is 0 Å². The molecule has 0 saturated carbocycles. The van der Waals surface area contributed by atoms with Gasteiger partial charge in [0.2, 0.25) is 0 Å². The molecule has 2 aromatic carbocycles. The Balaban J connectivity index is 1.94. The molecule has 0 aromatic heterocycles. The summed E-state index contributed by atoms with van der Waals surface area (Å²) in [6.07, 6.45) is -5.14. The molecular weight excluding hydrogens is 452 g/mol. The summed E-state index contributed by atoms with van der Waals surface area (Å²) in [5, 5.41) is 10.6. The van der Waals surface area contributed by atoms with Crippen molar-refractivity contribution in [1.29, 1.82) is 0 Å². The highest BCUT2D eigenvalue weighted by Gasteiger charge is 2.52. The van der Waals surface area contributed by atoms with Crippen LogP contribution in [0.4, 0.5) is 0 Å². The first-order valence-electron chi connectivity index (χ1n) is 11.4. The van der Waals surface area contributed by atoms with E-state index in [0.717, 1.165) is 0 Å². The van der Waals surface area contributed by atoms with Crippen LogP contribution in [0, 0.1) is 0 Å². The monoisotopic (exact) mass is 486 g/mol. The Labute approximate surface area is 202 Å². The Kier molecular flexibility index (Phi) is 7.97. The van der Waals surface area contributed by atoms with Crippen LogP contribution in [-0.4, -0.2) is 56.1 Å². The van der Waals surface area contributed by atoms with Gasteiger partial charge in [-0.05, 0) is 49.3 Å². The SMILES string of the molecule is C[C@H]1OC(O)[C@H](OC(=O)c2ccccc2)[C@H](O[Si](C)(C)C(C)(C)C)[C@@H]1OC(=O)c1ccccc1. The Morgan fingerprint density at radius 2 is 1.26 bits per heavy atom. The Hall–Kier alpha value is -2.52. The van der Waals surface area contributed by atoms with Gasteiger partial charge in [0.15, 0.2) is 26.8 Å². The van der Waals surface area contributed by atoms with Crippen LogP contribution in [0.3, 0.4) is 0 Å². The highest BCUT2D eigenvalue weighted by molar-refractivity contribution is 6.74. The van der Waals surface area contributed by atoms with Crippen molar-refractivity contribution in [2.45, 2.75) is 76.5 Å². The highest BCUT2D eigenvalue weighted by atomic mass is 28.4. The fourth-order valence-electron chi connectivity index (χ4n) is 3.46. The Morgan fingerprint density at radius 1 is 0.824 bits per heavy atom. The van der Waals surface area contributed by atoms with Gasteiger partial charge in [-0.1, -0.05) is 57.2 Å². The number of ether oxygens (including phenoxy) is 3. The predicted octanol–water partition coefficient (Wildman–Crippen LogP) is 4.57. The van der Waals surface area contributed by atoms with Crippen LogP contribution in [0.1, 0.15) is 48.4 Å². The standard InChI is InChI=1S/C26H34O7Si/c1-17-20(31-23(27)18-13-9-7-10-14-18)21(33-34(5,6)26(2,3)4)22(25(29)30-17)32-24(28)19-15-11-8-12-16-19/h7-17,20-22,25,29H,1-6H3/t17-,20-,21-,22-,25?/m1/s1. The van der Waals surface area contributed by atoms with Gasteiger partial charge in [0, 0.05) is 0 Å². The molecule has 1 aliphatic rings. The third kappa shape index (κ3) is 5.93. The largest absolute Gasteiger partial charge is 0.453 e. The minimum Gasteiger partial charge on any atom is -0.453 e. The number of aliphatic hydroxyl groups excluding tert-OH is 1. The van der Waals surface area contributed by atoms with E-state index >= 15 is 0 Å². The maximum absolute atomic E-state index is 12.9. The summed E-state index contributed by atoms with van der Waals surface area (Å²) < 4.78 is 23.9. The number of esters is 2. The lowest BCUT2D eigenvalue weighted by molar-refractivity contribution is -0.273. The van der Waals surface area contributed by atoms with Crippen molar-refractivity contribution in [3.05, 3.63) is 71.8 Å². The third-order valence-corrected chi connectivity index (χ3v) is 11.0. The highest BCUT2D eigenvalue weighted by Crippen LogP contribution is 2.40. The van der Waals surface area contributed by atoms with E-state index in [-0.39, 0.29) is 5.04 Å². The van der Waals surface area contributed by atoms with Crippen LogP contribution >= 0.6 is 0 Å². The second kappa shape index (κ2) is 10.4. The van der Waals surface area contributed by atoms with E-state index in [1.807, 2.05) is 19.2 Å². The lowest BCUT2D eigenvalue weighted by Crippen LogP contribution is -2.63. The average molecular weight is 487 g/mol. The van der Waals surface area contributed by atoms with Gasteiger partial charge in [-0.25, -0.2) is 9.59 Å². The van der Waals surface area contributed by atoms with Gasteiger partial charge in [-0.3, -0.25) is 0 Å². The molecule has 7 nitrogen and oxygen atoms in total. The summed E-state index contributed by atoms with van der Waals surface area (Å²) in [6, 6.07) is 17.1. The third-order valence-electron chi connectivity index (χ3n) is 6.49. The summed E-state index contributed by atoms with van der Waals surface area (Å²) in [6.45, 7) is 12.0. The van der Waals surface area contributed by atoms with E-state index in [9.17, 15) is 14.7 Å². The number of hydrogen-bond acceptors (Lipinski definition) is 7. The molecule has 5 atom stereocenters. The second-order valence-corrected chi connectivity index (χ2v) is 14.8. The summed E-state index contributed by atoms with van der Waals surface area (Å²) in [4.78, 5) is 25.8. The van der Waals surface area contributed by atoms with Crippen molar-refractivity contribution in [2.75, 3.05) is 0 Å². The van der Waals surface area contributed by atoms with Gasteiger partial charge < -0.3 is 23.7 Å². The lowest BCUT2D eigenvalue weighted by atomic mass is 9.99. The molecule has 0 bridgehead atoms. The molecule has 1 saturated heterocycles. The molecule has 0 radical (unpaired) electrons. The first-order valence-corrected chi connectivity index (χ1v) is 14.3. The van der Waals surface area contributed by atoms with Crippen LogP contribution in [0.15, 0.2) is 60.7 Å². The quantitative estimate of drug-likeness (QED) is 0.473. The molecule has 1 fully saturated rings. The topological polar surface area (TPSA) is 91.3 Å². The molecule has 2 aromatic rings. The van der Waals surface area contributed by atoms with Crippen molar-refractivity contribution in [3.8, 4) is 0 Å². The van der Waals surface area contributed by atoms with Gasteiger partial charge in [-0.2, -0.15) is 0 Å². The zero-order valence-corrected chi connectivity index (χ0v) is 21.6. The Morgan fingerprint density at radius 3 is 1.71 bits per heavy atom. The normalized spacial score (nSPS) is 25.4. The molecule has 1 aliphatic heterocycles. The van der Waals surface area contributed by atoms with Gasteiger partial charge in [0.1, 0.15) is 6.10 Å². The second-order valence-electron chi connectivity index (χ2n) is 10.0. The molecule has 0 aliphatic carbocycles. The molecular formula is C26H34O7Si. The minimum absolute atomic E-state index is 0.179. The number of aliphatic hydroxyl groups is 1. The van der Waals surface area contributed by atoms with Gasteiger partial charge in [-0.15, -0.1) is 0 Å². The number of carbonyl (C=O) groups excluding carboxylic acids is 2. The molecule has 1 heterocycles. The van der Waals surface area contributed by atoms with E-state index in [0.29, 0.717) is 11.1 Å². The average Bonchev–Trinajstić information content (AvgIpc) is 2.79. The summed E-state index contributed by atoms with van der Waals surface area (Å²) in [5.41, 5.74) is 0.710. The first kappa shape index (κ1) is 26.1. The first-order chi connectivity index (χ1) is 15.9. The van der Waals surface area contributed by atoms with Crippen molar-refractivity contribution >= 4 is 20.3 Å². The van der Waals surface area contributed by atoms with Crippen LogP contribution in [0.25, 0.3) is 0 Å². The van der Waals surface area contributed by atoms with Crippen molar-refractivity contribution in [3.63, 3.8) is 0 Å². The van der Waals surface area contributed by atoms with E-state index in [2.05, 4.69) is 20.8 Å². The van der Waals surface area contributed by atoms with Gasteiger partial charge in [0.25, 0.3) is 0 Å². The maximum atomic E-state index is 12.9. The minimum atomic E-state index is -2.45. The van der Waals surface area contributed by atoms with Crippen LogP contribution in [-0.2, 0) is 18.6 Å². The molecule has 1 unspecified atom stereocenters. The molecule has 0 amide bonds. The summed E-state index contributed by atoms with van der Waals surface area (Å²) in [7, 11) is -2.45. The van der Waals surface area contributed by atoms with Crippen molar-refractivity contribution in [1.82, 2.24) is 0 Å². The van der Waals surface area contributed by atoms with Crippen molar-refractivity contribution < 1.29 is 33.3 Å². The van der Waals surface area contributed by atoms with E-state index < -0.39 is 51.0 Å². The smallest absolute Gasteiger partial charge is 0.338 e. The van der Waals surface area contributed by atoms with Crippen LogP contribution < -0.4 is 0 Å². The molecule has 34 heavy (non-hydrogen) atoms. The van der Waals surface area contributed by atoms with E-state index in [1.165, 1.54) is 0 Å². The van der Waals surface area contributed by atoms with E-state index in [4.69, 9.17) is 18.6 Å². The fraction of sp³-hybridized carbons (Fsp3) is 0.462. The zero-order valence-electron chi connectivity index (χ0n) is 20.6. The molecule has 0 spiro atoms. The number of benzene rings is 2. The maximum Gasteiger partial charge on any atom is 0.338 e. The van der Waals surface area contributed by atoms with Gasteiger partial charge in [0.05, 0.1) is 17.2 Å². The summed E-state index contributed by atoms with van der Waals surface area (Å²) >= 11 is 0. The molecule has 8 heteroatoms. The Bertz CT molecular complexity index is 906. The number of rotatable bonds is 6. The molecule has 3 rings (SSSR count). The predicted molar refractivity (Wildman–Crippen MR) is 130 cm³/mol. The summed E-state index contributed by atoms with van der Waals surface area (Å²) in [5.74, 6) is -1.17. The number of carbonyl (C=O) groups is 2.